The standard InChI is InChI=1S/C17H28N2O/c1-3-16-14-20-13-12-19(16)11-10-17(18-4-2)15-8-6-5-7-9-15/h5-9,16-18H,3-4,10-14H2,1-2H3. The molecule has 2 atom stereocenters. The van der Waals surface area contributed by atoms with Crippen LogP contribution in [0.25, 0.3) is 0 Å². The van der Waals surface area contributed by atoms with Crippen molar-refractivity contribution in [2.45, 2.75) is 38.8 Å². The summed E-state index contributed by atoms with van der Waals surface area (Å²) in [6.07, 6.45) is 2.34. The number of nitrogens with zero attached hydrogens (tertiary/aromatic N) is 1. The third-order valence-corrected chi connectivity index (χ3v) is 4.18. The highest BCUT2D eigenvalue weighted by Gasteiger charge is 2.22. The van der Waals surface area contributed by atoms with E-state index in [4.69, 9.17) is 4.74 Å². The number of hydrogen-bond donors (Lipinski definition) is 1. The van der Waals surface area contributed by atoms with E-state index in [1.54, 1.807) is 0 Å². The Kier molecular flexibility index (Phi) is 6.51. The molecule has 2 unspecified atom stereocenters. The van der Waals surface area contributed by atoms with Gasteiger partial charge in [0.05, 0.1) is 13.2 Å². The Bertz CT molecular complexity index is 369. The Labute approximate surface area is 123 Å². The first-order chi connectivity index (χ1) is 9.85. The van der Waals surface area contributed by atoms with E-state index in [0.717, 1.165) is 39.3 Å². The van der Waals surface area contributed by atoms with Crippen LogP contribution >= 0.6 is 0 Å². The van der Waals surface area contributed by atoms with Gasteiger partial charge in [0, 0.05) is 25.2 Å². The zero-order valence-electron chi connectivity index (χ0n) is 12.8. The maximum absolute atomic E-state index is 5.58. The van der Waals surface area contributed by atoms with Gasteiger partial charge in [0.2, 0.25) is 0 Å². The van der Waals surface area contributed by atoms with Gasteiger partial charge >= 0.3 is 0 Å². The highest BCUT2D eigenvalue weighted by atomic mass is 16.5. The lowest BCUT2D eigenvalue weighted by molar-refractivity contribution is -0.0100. The summed E-state index contributed by atoms with van der Waals surface area (Å²) < 4.78 is 5.58. The van der Waals surface area contributed by atoms with Crippen molar-refractivity contribution in [3.8, 4) is 0 Å². The van der Waals surface area contributed by atoms with Gasteiger partial charge in [-0.05, 0) is 24.9 Å². The lowest BCUT2D eigenvalue weighted by atomic mass is 10.0. The summed E-state index contributed by atoms with van der Waals surface area (Å²) in [5.74, 6) is 0. The molecule has 0 spiro atoms. The summed E-state index contributed by atoms with van der Waals surface area (Å²) in [6, 6.07) is 11.9. The van der Waals surface area contributed by atoms with Crippen molar-refractivity contribution < 1.29 is 4.74 Å². The maximum Gasteiger partial charge on any atom is 0.0622 e. The van der Waals surface area contributed by atoms with Gasteiger partial charge in [-0.25, -0.2) is 0 Å². The van der Waals surface area contributed by atoms with Crippen LogP contribution in [-0.4, -0.2) is 43.8 Å². The molecule has 0 bridgehead atoms. The molecule has 0 aliphatic carbocycles. The minimum absolute atomic E-state index is 0.460. The number of hydrogen-bond acceptors (Lipinski definition) is 3. The zero-order chi connectivity index (χ0) is 14.2. The number of morpholine rings is 1. The van der Waals surface area contributed by atoms with Gasteiger partial charge in [-0.1, -0.05) is 44.2 Å². The number of benzene rings is 1. The van der Waals surface area contributed by atoms with Crippen molar-refractivity contribution in [3.63, 3.8) is 0 Å². The molecule has 112 valence electrons. The molecule has 1 aliphatic heterocycles. The molecule has 20 heavy (non-hydrogen) atoms. The topological polar surface area (TPSA) is 24.5 Å². The van der Waals surface area contributed by atoms with E-state index in [2.05, 4.69) is 54.4 Å². The van der Waals surface area contributed by atoms with Crippen LogP contribution in [0, 0.1) is 0 Å². The van der Waals surface area contributed by atoms with Gasteiger partial charge in [-0.15, -0.1) is 0 Å². The average Bonchev–Trinajstić information content (AvgIpc) is 2.52. The van der Waals surface area contributed by atoms with Crippen LogP contribution in [0.5, 0.6) is 0 Å². The van der Waals surface area contributed by atoms with Gasteiger partial charge in [0.15, 0.2) is 0 Å². The van der Waals surface area contributed by atoms with Crippen LogP contribution in [0.3, 0.4) is 0 Å². The Hall–Kier alpha value is -0.900. The first-order valence-corrected chi connectivity index (χ1v) is 7.95. The zero-order valence-corrected chi connectivity index (χ0v) is 12.8. The summed E-state index contributed by atoms with van der Waals surface area (Å²) in [5, 5.41) is 3.61. The first kappa shape index (κ1) is 15.5. The predicted molar refractivity (Wildman–Crippen MR) is 83.9 cm³/mol. The van der Waals surface area contributed by atoms with E-state index in [1.807, 2.05) is 0 Å². The molecule has 3 heteroatoms. The SMILES string of the molecule is CCNC(CCN1CCOCC1CC)c1ccccc1. The van der Waals surface area contributed by atoms with E-state index in [9.17, 15) is 0 Å². The summed E-state index contributed by atoms with van der Waals surface area (Å²) >= 11 is 0. The summed E-state index contributed by atoms with van der Waals surface area (Å²) in [4.78, 5) is 2.59. The van der Waals surface area contributed by atoms with E-state index in [-0.39, 0.29) is 0 Å². The van der Waals surface area contributed by atoms with Crippen LogP contribution in [0.4, 0.5) is 0 Å². The van der Waals surface area contributed by atoms with Crippen LogP contribution in [0.1, 0.15) is 38.3 Å². The monoisotopic (exact) mass is 276 g/mol. The molecule has 2 rings (SSSR count). The highest BCUT2D eigenvalue weighted by molar-refractivity contribution is 5.18. The molecular formula is C17H28N2O. The van der Waals surface area contributed by atoms with E-state index in [0.29, 0.717) is 12.1 Å². The quantitative estimate of drug-likeness (QED) is 0.829. The second-order valence-corrected chi connectivity index (χ2v) is 5.48. The lowest BCUT2D eigenvalue weighted by Crippen LogP contribution is -2.46. The van der Waals surface area contributed by atoms with Crippen LogP contribution in [0.2, 0.25) is 0 Å². The van der Waals surface area contributed by atoms with Gasteiger partial charge in [-0.3, -0.25) is 4.90 Å². The minimum atomic E-state index is 0.460. The van der Waals surface area contributed by atoms with Crippen molar-refractivity contribution in [2.75, 3.05) is 32.8 Å². The molecule has 0 aromatic heterocycles. The van der Waals surface area contributed by atoms with E-state index < -0.39 is 0 Å². The van der Waals surface area contributed by atoms with E-state index >= 15 is 0 Å². The predicted octanol–water partition coefficient (Wildman–Crippen LogP) is 2.84. The first-order valence-electron chi connectivity index (χ1n) is 7.95. The minimum Gasteiger partial charge on any atom is -0.378 e. The molecule has 1 aliphatic rings. The normalized spacial score (nSPS) is 21.8. The Morgan fingerprint density at radius 3 is 2.80 bits per heavy atom. The maximum atomic E-state index is 5.58. The Balaban J connectivity index is 1.91. The molecule has 1 aromatic rings. The molecule has 1 fully saturated rings. The molecule has 1 N–H and O–H groups in total. The van der Waals surface area contributed by atoms with Gasteiger partial charge in [-0.2, -0.15) is 0 Å². The molecule has 3 nitrogen and oxygen atoms in total. The van der Waals surface area contributed by atoms with Gasteiger partial charge in [0.25, 0.3) is 0 Å². The second-order valence-electron chi connectivity index (χ2n) is 5.48. The van der Waals surface area contributed by atoms with Crippen molar-refractivity contribution in [1.29, 1.82) is 0 Å². The summed E-state index contributed by atoms with van der Waals surface area (Å²) in [6.45, 7) is 9.45. The van der Waals surface area contributed by atoms with Gasteiger partial charge < -0.3 is 10.1 Å². The van der Waals surface area contributed by atoms with Crippen molar-refractivity contribution in [1.82, 2.24) is 10.2 Å². The van der Waals surface area contributed by atoms with Crippen molar-refractivity contribution in [2.24, 2.45) is 0 Å². The molecule has 1 saturated heterocycles. The Morgan fingerprint density at radius 1 is 1.30 bits per heavy atom. The third-order valence-electron chi connectivity index (χ3n) is 4.18. The molecular weight excluding hydrogens is 248 g/mol. The van der Waals surface area contributed by atoms with Crippen LogP contribution < -0.4 is 5.32 Å². The second kappa shape index (κ2) is 8.40. The molecule has 0 saturated carbocycles. The summed E-state index contributed by atoms with van der Waals surface area (Å²) in [7, 11) is 0. The average molecular weight is 276 g/mol. The lowest BCUT2D eigenvalue weighted by Gasteiger charge is -2.36. The fourth-order valence-electron chi connectivity index (χ4n) is 2.97. The van der Waals surface area contributed by atoms with E-state index in [1.165, 1.54) is 12.0 Å². The molecule has 0 amide bonds. The van der Waals surface area contributed by atoms with Gasteiger partial charge in [0.1, 0.15) is 0 Å². The number of nitrogens with one attached hydrogen (secondary N) is 1. The van der Waals surface area contributed by atoms with Crippen LogP contribution in [-0.2, 0) is 4.74 Å². The number of ether oxygens (including phenoxy) is 1. The van der Waals surface area contributed by atoms with Crippen LogP contribution in [0.15, 0.2) is 30.3 Å². The van der Waals surface area contributed by atoms with Crippen molar-refractivity contribution in [3.05, 3.63) is 35.9 Å². The summed E-state index contributed by atoms with van der Waals surface area (Å²) in [5.41, 5.74) is 1.40. The highest BCUT2D eigenvalue weighted by Crippen LogP contribution is 2.19. The molecule has 1 heterocycles. The Morgan fingerprint density at radius 2 is 2.10 bits per heavy atom. The van der Waals surface area contributed by atoms with Crippen molar-refractivity contribution >= 4 is 0 Å². The number of rotatable bonds is 7. The molecule has 0 radical (unpaired) electrons. The largest absolute Gasteiger partial charge is 0.378 e. The fraction of sp³-hybridized carbons (Fsp3) is 0.647. The molecule has 1 aromatic carbocycles. The third kappa shape index (κ3) is 4.30. The fourth-order valence-corrected chi connectivity index (χ4v) is 2.97. The smallest absolute Gasteiger partial charge is 0.0622 e.